The first-order valence-corrected chi connectivity index (χ1v) is 7.12. The van der Waals surface area contributed by atoms with Crippen molar-refractivity contribution in [2.75, 3.05) is 5.32 Å². The lowest BCUT2D eigenvalue weighted by Crippen LogP contribution is -2.01. The van der Waals surface area contributed by atoms with Crippen LogP contribution in [0.2, 0.25) is 0 Å². The summed E-state index contributed by atoms with van der Waals surface area (Å²) in [6.45, 7) is 0.745. The Morgan fingerprint density at radius 3 is 2.89 bits per heavy atom. The van der Waals surface area contributed by atoms with Crippen molar-refractivity contribution in [3.05, 3.63) is 51.3 Å². The number of aromatic nitrogens is 2. The van der Waals surface area contributed by atoms with E-state index in [0.717, 1.165) is 21.2 Å². The molecule has 2 aromatic heterocycles. The number of halogens is 1. The van der Waals surface area contributed by atoms with E-state index in [0.29, 0.717) is 5.95 Å². The van der Waals surface area contributed by atoms with Gasteiger partial charge in [-0.15, -0.1) is 11.3 Å². The second-order valence-electron chi connectivity index (χ2n) is 3.81. The third-order valence-corrected chi connectivity index (χ3v) is 4.16. The summed E-state index contributed by atoms with van der Waals surface area (Å²) >= 11 is 5.16. The molecule has 0 aliphatic heterocycles. The topological polar surface area (TPSA) is 37.8 Å². The van der Waals surface area contributed by atoms with Crippen molar-refractivity contribution >= 4 is 44.1 Å². The van der Waals surface area contributed by atoms with Crippen LogP contribution in [0.15, 0.2) is 46.4 Å². The highest BCUT2D eigenvalue weighted by Gasteiger charge is 2.01. The lowest BCUT2D eigenvalue weighted by atomic mass is 10.2. The van der Waals surface area contributed by atoms with Gasteiger partial charge in [0.25, 0.3) is 0 Å². The fourth-order valence-corrected chi connectivity index (χ4v) is 3.09. The largest absolute Gasteiger partial charge is 0.349 e. The van der Waals surface area contributed by atoms with Crippen LogP contribution in [-0.2, 0) is 6.54 Å². The van der Waals surface area contributed by atoms with Crippen LogP contribution >= 0.6 is 27.3 Å². The predicted octanol–water partition coefficient (Wildman–Crippen LogP) is 4.07. The number of anilines is 1. The van der Waals surface area contributed by atoms with Crippen molar-refractivity contribution in [2.24, 2.45) is 0 Å². The Morgan fingerprint density at radius 2 is 2.06 bits per heavy atom. The summed E-state index contributed by atoms with van der Waals surface area (Å²) in [4.78, 5) is 10.0. The molecule has 0 amide bonds. The van der Waals surface area contributed by atoms with E-state index in [1.54, 1.807) is 11.3 Å². The minimum Gasteiger partial charge on any atom is -0.349 e. The van der Waals surface area contributed by atoms with Crippen LogP contribution in [0.25, 0.3) is 10.9 Å². The molecule has 0 radical (unpaired) electrons. The van der Waals surface area contributed by atoms with Crippen molar-refractivity contribution in [1.29, 1.82) is 0 Å². The second kappa shape index (κ2) is 5.04. The molecule has 0 atom stereocenters. The maximum atomic E-state index is 4.47. The third-order valence-electron chi connectivity index (χ3n) is 2.54. The number of fused-ring (bicyclic) bond motifs is 1. The Kier molecular flexibility index (Phi) is 3.25. The summed E-state index contributed by atoms with van der Waals surface area (Å²) in [6, 6.07) is 12.1. The normalized spacial score (nSPS) is 10.7. The molecule has 0 spiro atoms. The summed E-state index contributed by atoms with van der Waals surface area (Å²) in [7, 11) is 0. The Morgan fingerprint density at radius 1 is 1.17 bits per heavy atom. The van der Waals surface area contributed by atoms with E-state index in [1.165, 1.54) is 4.88 Å². The molecule has 0 aliphatic rings. The molecule has 0 fully saturated rings. The van der Waals surface area contributed by atoms with E-state index in [-0.39, 0.29) is 0 Å². The molecule has 0 aliphatic carbocycles. The number of hydrogen-bond donors (Lipinski definition) is 1. The van der Waals surface area contributed by atoms with Crippen molar-refractivity contribution in [2.45, 2.75) is 6.54 Å². The van der Waals surface area contributed by atoms with Gasteiger partial charge in [-0.05, 0) is 34.1 Å². The second-order valence-corrected chi connectivity index (χ2v) is 6.36. The molecular formula is C13H10BrN3S. The molecular weight excluding hydrogens is 310 g/mol. The van der Waals surface area contributed by atoms with Gasteiger partial charge in [-0.2, -0.15) is 0 Å². The van der Waals surface area contributed by atoms with Crippen LogP contribution in [0.4, 0.5) is 5.95 Å². The van der Waals surface area contributed by atoms with Gasteiger partial charge >= 0.3 is 0 Å². The van der Waals surface area contributed by atoms with E-state index in [9.17, 15) is 0 Å². The first kappa shape index (κ1) is 11.6. The number of para-hydroxylation sites is 1. The summed E-state index contributed by atoms with van der Waals surface area (Å²) in [5.41, 5.74) is 0.961. The molecule has 3 nitrogen and oxygen atoms in total. The maximum Gasteiger partial charge on any atom is 0.223 e. The molecule has 3 rings (SSSR count). The van der Waals surface area contributed by atoms with E-state index in [1.807, 2.05) is 36.5 Å². The van der Waals surface area contributed by atoms with Crippen LogP contribution in [0.1, 0.15) is 4.88 Å². The van der Waals surface area contributed by atoms with E-state index in [4.69, 9.17) is 0 Å². The molecule has 18 heavy (non-hydrogen) atoms. The molecule has 5 heteroatoms. The highest BCUT2D eigenvalue weighted by atomic mass is 79.9. The standard InChI is InChI=1S/C13H10BrN3S/c14-12-6-5-10(18-12)8-16-13-15-7-9-3-1-2-4-11(9)17-13/h1-7H,8H2,(H,15,16,17). The molecule has 0 unspecified atom stereocenters. The lowest BCUT2D eigenvalue weighted by Gasteiger charge is -2.03. The van der Waals surface area contributed by atoms with Crippen molar-refractivity contribution in [3.63, 3.8) is 0 Å². The van der Waals surface area contributed by atoms with Crippen LogP contribution < -0.4 is 5.32 Å². The molecule has 2 heterocycles. The van der Waals surface area contributed by atoms with Gasteiger partial charge in [-0.1, -0.05) is 18.2 Å². The Bertz CT molecular complexity index is 681. The third kappa shape index (κ3) is 2.52. The molecule has 1 N–H and O–H groups in total. The number of nitrogens with zero attached hydrogens (tertiary/aromatic N) is 2. The van der Waals surface area contributed by atoms with Gasteiger partial charge in [0, 0.05) is 16.5 Å². The molecule has 1 aromatic carbocycles. The summed E-state index contributed by atoms with van der Waals surface area (Å²) in [5.74, 6) is 0.665. The molecule has 3 aromatic rings. The first-order chi connectivity index (χ1) is 8.81. The predicted molar refractivity (Wildman–Crippen MR) is 78.9 cm³/mol. The van der Waals surface area contributed by atoms with Gasteiger partial charge in [-0.25, -0.2) is 9.97 Å². The van der Waals surface area contributed by atoms with E-state index in [2.05, 4.69) is 37.3 Å². The van der Waals surface area contributed by atoms with Crippen molar-refractivity contribution in [1.82, 2.24) is 9.97 Å². The minimum atomic E-state index is 0.665. The quantitative estimate of drug-likeness (QED) is 0.790. The highest BCUT2D eigenvalue weighted by Crippen LogP contribution is 2.22. The average Bonchev–Trinajstić information content (AvgIpc) is 2.82. The van der Waals surface area contributed by atoms with Crippen LogP contribution in [0.3, 0.4) is 0 Å². The summed E-state index contributed by atoms with van der Waals surface area (Å²) < 4.78 is 1.14. The zero-order chi connectivity index (χ0) is 12.4. The number of benzene rings is 1. The number of thiophene rings is 1. The first-order valence-electron chi connectivity index (χ1n) is 5.51. The monoisotopic (exact) mass is 319 g/mol. The van der Waals surface area contributed by atoms with Crippen molar-refractivity contribution < 1.29 is 0 Å². The number of nitrogens with one attached hydrogen (secondary N) is 1. The minimum absolute atomic E-state index is 0.665. The van der Waals surface area contributed by atoms with Gasteiger partial charge in [-0.3, -0.25) is 0 Å². The molecule has 0 saturated carbocycles. The lowest BCUT2D eigenvalue weighted by molar-refractivity contribution is 1.09. The fourth-order valence-electron chi connectivity index (χ4n) is 1.67. The molecule has 90 valence electrons. The van der Waals surface area contributed by atoms with Crippen LogP contribution in [-0.4, -0.2) is 9.97 Å². The fraction of sp³-hybridized carbons (Fsp3) is 0.0769. The smallest absolute Gasteiger partial charge is 0.223 e. The maximum absolute atomic E-state index is 4.47. The molecule has 0 saturated heterocycles. The molecule has 0 bridgehead atoms. The van der Waals surface area contributed by atoms with Crippen LogP contribution in [0, 0.1) is 0 Å². The van der Waals surface area contributed by atoms with Gasteiger partial charge < -0.3 is 5.32 Å². The van der Waals surface area contributed by atoms with Gasteiger partial charge in [0.05, 0.1) is 15.8 Å². The van der Waals surface area contributed by atoms with Gasteiger partial charge in [0.2, 0.25) is 5.95 Å². The van der Waals surface area contributed by atoms with E-state index < -0.39 is 0 Å². The SMILES string of the molecule is Brc1ccc(CNc2ncc3ccccc3n2)s1. The summed E-state index contributed by atoms with van der Waals surface area (Å²) in [5, 5.41) is 4.29. The average molecular weight is 320 g/mol. The van der Waals surface area contributed by atoms with Gasteiger partial charge in [0.1, 0.15) is 0 Å². The highest BCUT2D eigenvalue weighted by molar-refractivity contribution is 9.11. The Labute approximate surface area is 117 Å². The zero-order valence-corrected chi connectivity index (χ0v) is 11.8. The van der Waals surface area contributed by atoms with Gasteiger partial charge in [0.15, 0.2) is 0 Å². The number of rotatable bonds is 3. The zero-order valence-electron chi connectivity index (χ0n) is 9.43. The van der Waals surface area contributed by atoms with Crippen LogP contribution in [0.5, 0.6) is 0 Å². The van der Waals surface area contributed by atoms with Crippen molar-refractivity contribution in [3.8, 4) is 0 Å². The number of hydrogen-bond acceptors (Lipinski definition) is 4. The Hall–Kier alpha value is -1.46. The summed E-state index contributed by atoms with van der Waals surface area (Å²) in [6.07, 6.45) is 1.84. The van der Waals surface area contributed by atoms with E-state index >= 15 is 0 Å². The Balaban J connectivity index is 1.78.